The average Bonchev–Trinajstić information content (AvgIpc) is 2.95. The zero-order valence-electron chi connectivity index (χ0n) is 12.8. The summed E-state index contributed by atoms with van der Waals surface area (Å²) in [6.45, 7) is 12.3. The van der Waals surface area contributed by atoms with Gasteiger partial charge in [0.1, 0.15) is 0 Å². The van der Waals surface area contributed by atoms with E-state index in [-0.39, 0.29) is 0 Å². The monoisotopic (exact) mass is 279 g/mol. The van der Waals surface area contributed by atoms with Gasteiger partial charge < -0.3 is 5.32 Å². The van der Waals surface area contributed by atoms with Gasteiger partial charge in [-0.25, -0.2) is 0 Å². The second-order valence-electron chi connectivity index (χ2n) is 6.69. The number of hydrogen-bond acceptors (Lipinski definition) is 1. The Kier molecular flexibility index (Phi) is 4.27. The topological polar surface area (TPSA) is 12.0 Å². The fourth-order valence-corrected chi connectivity index (χ4v) is 3.22. The van der Waals surface area contributed by atoms with E-state index in [1.165, 1.54) is 23.1 Å². The van der Waals surface area contributed by atoms with Crippen molar-refractivity contribution in [3.05, 3.63) is 33.8 Å². The smallest absolute Gasteiger partial charge is 0.0456 e. The molecule has 0 aliphatic heterocycles. The van der Waals surface area contributed by atoms with E-state index in [4.69, 9.17) is 11.6 Å². The Morgan fingerprint density at radius 2 is 1.89 bits per heavy atom. The number of benzene rings is 1. The third kappa shape index (κ3) is 3.14. The predicted octanol–water partition coefficient (Wildman–Crippen LogP) is 5.04. The summed E-state index contributed by atoms with van der Waals surface area (Å²) in [5.41, 5.74) is 4.35. The number of rotatable bonds is 5. The van der Waals surface area contributed by atoms with Crippen LogP contribution in [-0.2, 0) is 0 Å². The molecule has 1 aliphatic carbocycles. The summed E-state index contributed by atoms with van der Waals surface area (Å²) in [6.07, 6.45) is 2.45. The van der Waals surface area contributed by atoms with Crippen LogP contribution in [0.5, 0.6) is 0 Å². The van der Waals surface area contributed by atoms with Gasteiger partial charge in [0.2, 0.25) is 0 Å². The van der Waals surface area contributed by atoms with Crippen LogP contribution in [0.25, 0.3) is 0 Å². The lowest BCUT2D eigenvalue weighted by Gasteiger charge is -2.23. The maximum absolute atomic E-state index is 6.50. The Balaban J connectivity index is 2.30. The van der Waals surface area contributed by atoms with E-state index in [1.54, 1.807) is 0 Å². The molecule has 1 aromatic carbocycles. The maximum atomic E-state index is 6.50. The van der Waals surface area contributed by atoms with Gasteiger partial charge in [-0.2, -0.15) is 0 Å². The summed E-state index contributed by atoms with van der Waals surface area (Å²) >= 11 is 6.50. The van der Waals surface area contributed by atoms with Crippen LogP contribution in [0.15, 0.2) is 12.1 Å². The van der Waals surface area contributed by atoms with E-state index >= 15 is 0 Å². The lowest BCUT2D eigenvalue weighted by molar-refractivity contribution is 0.416. The summed E-state index contributed by atoms with van der Waals surface area (Å²) in [5, 5.41) is 4.62. The van der Waals surface area contributed by atoms with Crippen LogP contribution in [0.4, 0.5) is 0 Å². The molecule has 0 aromatic heterocycles. The van der Waals surface area contributed by atoms with Gasteiger partial charge in [-0.1, -0.05) is 38.4 Å². The van der Waals surface area contributed by atoms with Crippen molar-refractivity contribution >= 4 is 11.6 Å². The van der Waals surface area contributed by atoms with Gasteiger partial charge in [0.25, 0.3) is 0 Å². The molecule has 1 aromatic rings. The first kappa shape index (κ1) is 14.9. The Hall–Kier alpha value is -0.530. The zero-order valence-corrected chi connectivity index (χ0v) is 13.6. The van der Waals surface area contributed by atoms with Gasteiger partial charge in [-0.15, -0.1) is 0 Å². The highest BCUT2D eigenvalue weighted by atomic mass is 35.5. The minimum Gasteiger partial charge on any atom is -0.310 e. The van der Waals surface area contributed by atoms with Gasteiger partial charge in [0, 0.05) is 11.1 Å². The third-order valence-corrected chi connectivity index (χ3v) is 4.88. The molecular formula is C17H26ClN. The predicted molar refractivity (Wildman–Crippen MR) is 83.8 cm³/mol. The van der Waals surface area contributed by atoms with Gasteiger partial charge >= 0.3 is 0 Å². The molecule has 2 heteroatoms. The highest BCUT2D eigenvalue weighted by Crippen LogP contribution is 2.58. The number of nitrogens with one attached hydrogen (secondary N) is 1. The van der Waals surface area contributed by atoms with Crippen LogP contribution in [-0.4, -0.2) is 6.54 Å². The molecule has 0 bridgehead atoms. The summed E-state index contributed by atoms with van der Waals surface area (Å²) < 4.78 is 0. The Morgan fingerprint density at radius 1 is 1.32 bits per heavy atom. The molecule has 2 unspecified atom stereocenters. The van der Waals surface area contributed by atoms with Gasteiger partial charge in [0.15, 0.2) is 0 Å². The van der Waals surface area contributed by atoms with Crippen LogP contribution in [0.1, 0.15) is 56.3 Å². The van der Waals surface area contributed by atoms with E-state index in [9.17, 15) is 0 Å². The average molecular weight is 280 g/mol. The van der Waals surface area contributed by atoms with E-state index in [1.807, 2.05) is 0 Å². The molecule has 0 heterocycles. The van der Waals surface area contributed by atoms with E-state index in [0.29, 0.717) is 17.4 Å². The lowest BCUT2D eigenvalue weighted by Crippen LogP contribution is -2.26. The molecule has 0 spiro atoms. The highest BCUT2D eigenvalue weighted by Gasteiger charge is 2.50. The first-order valence-electron chi connectivity index (χ1n) is 7.37. The summed E-state index contributed by atoms with van der Waals surface area (Å²) in [7, 11) is 0. The van der Waals surface area contributed by atoms with Crippen molar-refractivity contribution in [2.24, 2.45) is 11.3 Å². The maximum Gasteiger partial charge on any atom is 0.0456 e. The Bertz CT molecular complexity index is 465. The quantitative estimate of drug-likeness (QED) is 0.796. The molecule has 0 amide bonds. The van der Waals surface area contributed by atoms with E-state index in [0.717, 1.165) is 18.0 Å². The largest absolute Gasteiger partial charge is 0.310 e. The van der Waals surface area contributed by atoms with Crippen molar-refractivity contribution in [3.8, 4) is 0 Å². The third-order valence-electron chi connectivity index (χ3n) is 4.55. The molecule has 1 nitrogen and oxygen atoms in total. The van der Waals surface area contributed by atoms with Crippen molar-refractivity contribution in [3.63, 3.8) is 0 Å². The molecule has 1 aliphatic rings. The van der Waals surface area contributed by atoms with Gasteiger partial charge in [-0.05, 0) is 67.3 Å². The molecule has 0 radical (unpaired) electrons. The van der Waals surface area contributed by atoms with E-state index in [2.05, 4.69) is 52.1 Å². The first-order chi connectivity index (χ1) is 8.86. The minimum atomic E-state index is 0.404. The van der Waals surface area contributed by atoms with Crippen LogP contribution in [0.3, 0.4) is 0 Å². The van der Waals surface area contributed by atoms with Gasteiger partial charge in [-0.3, -0.25) is 0 Å². The second kappa shape index (κ2) is 5.46. The summed E-state index contributed by atoms with van der Waals surface area (Å²) in [6, 6.07) is 4.79. The molecule has 0 saturated heterocycles. The van der Waals surface area contributed by atoms with Crippen molar-refractivity contribution in [1.29, 1.82) is 0 Å². The minimum absolute atomic E-state index is 0.404. The fraction of sp³-hybridized carbons (Fsp3) is 0.647. The summed E-state index contributed by atoms with van der Waals surface area (Å²) in [4.78, 5) is 0. The molecule has 2 atom stereocenters. The highest BCUT2D eigenvalue weighted by molar-refractivity contribution is 6.31. The number of halogens is 1. The van der Waals surface area contributed by atoms with Crippen molar-refractivity contribution in [2.45, 2.75) is 53.5 Å². The van der Waals surface area contributed by atoms with Crippen LogP contribution in [0, 0.1) is 25.2 Å². The van der Waals surface area contributed by atoms with Crippen LogP contribution >= 0.6 is 11.6 Å². The lowest BCUT2D eigenvalue weighted by atomic mass is 9.94. The van der Waals surface area contributed by atoms with Crippen LogP contribution < -0.4 is 5.32 Å². The Morgan fingerprint density at radius 3 is 2.42 bits per heavy atom. The second-order valence-corrected chi connectivity index (χ2v) is 7.10. The van der Waals surface area contributed by atoms with Crippen molar-refractivity contribution < 1.29 is 0 Å². The van der Waals surface area contributed by atoms with Gasteiger partial charge in [0.05, 0.1) is 0 Å². The van der Waals surface area contributed by atoms with Crippen molar-refractivity contribution in [1.82, 2.24) is 5.32 Å². The molecule has 19 heavy (non-hydrogen) atoms. The van der Waals surface area contributed by atoms with E-state index < -0.39 is 0 Å². The molecule has 106 valence electrons. The van der Waals surface area contributed by atoms with Crippen LogP contribution in [0.2, 0.25) is 5.02 Å². The molecule has 1 saturated carbocycles. The Labute approximate surface area is 122 Å². The zero-order chi connectivity index (χ0) is 14.2. The normalized spacial score (nSPS) is 22.3. The number of hydrogen-bond donors (Lipinski definition) is 1. The standard InChI is InChI=1S/C17H26ClN/c1-6-7-19-16(14-10-17(14,4)5)13-8-11(2)12(3)9-15(13)18/h8-9,14,16,19H,6-7,10H2,1-5H3. The fourth-order valence-electron chi connectivity index (χ4n) is 2.89. The molecule has 1 N–H and O–H groups in total. The molecular weight excluding hydrogens is 254 g/mol. The van der Waals surface area contributed by atoms with Crippen molar-refractivity contribution in [2.75, 3.05) is 6.54 Å². The summed E-state index contributed by atoms with van der Waals surface area (Å²) in [5.74, 6) is 0.707. The molecule has 1 fully saturated rings. The molecule has 2 rings (SSSR count). The SMILES string of the molecule is CCCNC(c1cc(C)c(C)cc1Cl)C1CC1(C)C. The number of aryl methyl sites for hydroxylation is 2. The first-order valence-corrected chi connectivity index (χ1v) is 7.74.